The van der Waals surface area contributed by atoms with Crippen LogP contribution in [0.2, 0.25) is 0 Å². The van der Waals surface area contributed by atoms with Crippen LogP contribution in [0.5, 0.6) is 0 Å². The maximum absolute atomic E-state index is 11.4. The van der Waals surface area contributed by atoms with Gasteiger partial charge in [0.05, 0.1) is 0 Å². The Kier molecular flexibility index (Phi) is 7.90. The van der Waals surface area contributed by atoms with Gasteiger partial charge in [-0.15, -0.1) is 0 Å². The summed E-state index contributed by atoms with van der Waals surface area (Å²) in [7, 11) is 0. The molecule has 0 saturated carbocycles. The van der Waals surface area contributed by atoms with Crippen molar-refractivity contribution >= 4 is 5.97 Å². The standard InChI is InChI=1S/C13H25NO2/c1-6-12(16-13(15)11(4)5)9-10-14(7-2)8-3/h12H,4,6-10H2,1-3,5H3. The molecule has 0 radical (unpaired) electrons. The van der Waals surface area contributed by atoms with Crippen LogP contribution in [0.15, 0.2) is 12.2 Å². The minimum Gasteiger partial charge on any atom is -0.459 e. The van der Waals surface area contributed by atoms with E-state index in [-0.39, 0.29) is 12.1 Å². The number of nitrogens with zero attached hydrogens (tertiary/aromatic N) is 1. The zero-order chi connectivity index (χ0) is 12.6. The zero-order valence-corrected chi connectivity index (χ0v) is 11.1. The quantitative estimate of drug-likeness (QED) is 0.471. The Labute approximate surface area is 99.5 Å². The van der Waals surface area contributed by atoms with E-state index in [4.69, 9.17) is 4.74 Å². The Morgan fingerprint density at radius 1 is 1.31 bits per heavy atom. The van der Waals surface area contributed by atoms with E-state index >= 15 is 0 Å². The lowest BCUT2D eigenvalue weighted by molar-refractivity contribution is -0.144. The predicted octanol–water partition coefficient (Wildman–Crippen LogP) is 2.62. The Bertz CT molecular complexity index is 222. The van der Waals surface area contributed by atoms with Gasteiger partial charge in [0.2, 0.25) is 0 Å². The number of esters is 1. The van der Waals surface area contributed by atoms with Crippen LogP contribution < -0.4 is 0 Å². The lowest BCUT2D eigenvalue weighted by Crippen LogP contribution is -2.28. The Hall–Kier alpha value is -0.830. The normalized spacial score (nSPS) is 12.6. The lowest BCUT2D eigenvalue weighted by Gasteiger charge is -2.22. The van der Waals surface area contributed by atoms with Crippen molar-refractivity contribution in [2.45, 2.75) is 46.6 Å². The topological polar surface area (TPSA) is 29.5 Å². The van der Waals surface area contributed by atoms with Crippen LogP contribution in [0.25, 0.3) is 0 Å². The Balaban J connectivity index is 4.00. The minimum atomic E-state index is -0.272. The minimum absolute atomic E-state index is 0.0183. The van der Waals surface area contributed by atoms with Crippen molar-refractivity contribution in [2.24, 2.45) is 0 Å². The molecule has 0 amide bonds. The molecule has 0 aromatic heterocycles. The number of rotatable bonds is 8. The third-order valence-corrected chi connectivity index (χ3v) is 2.74. The van der Waals surface area contributed by atoms with Crippen molar-refractivity contribution in [1.82, 2.24) is 4.90 Å². The summed E-state index contributed by atoms with van der Waals surface area (Å²) in [5.74, 6) is -0.272. The molecular formula is C13H25NO2. The zero-order valence-electron chi connectivity index (χ0n) is 11.1. The fraction of sp³-hybridized carbons (Fsp3) is 0.769. The average molecular weight is 227 g/mol. The molecule has 0 spiro atoms. The third kappa shape index (κ3) is 5.91. The summed E-state index contributed by atoms with van der Waals surface area (Å²) >= 11 is 0. The first kappa shape index (κ1) is 15.2. The van der Waals surface area contributed by atoms with Crippen LogP contribution in [-0.2, 0) is 9.53 Å². The second kappa shape index (κ2) is 8.34. The highest BCUT2D eigenvalue weighted by Crippen LogP contribution is 2.08. The van der Waals surface area contributed by atoms with E-state index in [1.807, 2.05) is 6.92 Å². The van der Waals surface area contributed by atoms with Crippen molar-refractivity contribution in [3.63, 3.8) is 0 Å². The van der Waals surface area contributed by atoms with Crippen LogP contribution in [0, 0.1) is 0 Å². The van der Waals surface area contributed by atoms with Crippen LogP contribution in [0.4, 0.5) is 0 Å². The summed E-state index contributed by atoms with van der Waals surface area (Å²) in [6, 6.07) is 0. The van der Waals surface area contributed by atoms with Gasteiger partial charge in [0, 0.05) is 12.1 Å². The second-order valence-electron chi connectivity index (χ2n) is 4.03. The fourth-order valence-corrected chi connectivity index (χ4v) is 1.46. The van der Waals surface area contributed by atoms with E-state index in [1.165, 1.54) is 0 Å². The van der Waals surface area contributed by atoms with E-state index < -0.39 is 0 Å². The van der Waals surface area contributed by atoms with Gasteiger partial charge in [-0.1, -0.05) is 27.4 Å². The van der Waals surface area contributed by atoms with Gasteiger partial charge in [-0.05, 0) is 32.9 Å². The van der Waals surface area contributed by atoms with Crippen LogP contribution >= 0.6 is 0 Å². The van der Waals surface area contributed by atoms with Gasteiger partial charge in [-0.3, -0.25) is 0 Å². The summed E-state index contributed by atoms with van der Waals surface area (Å²) in [6.45, 7) is 14.7. The average Bonchev–Trinajstić information content (AvgIpc) is 2.28. The number of hydrogen-bond donors (Lipinski definition) is 0. The molecule has 16 heavy (non-hydrogen) atoms. The number of carbonyl (C=O) groups excluding carboxylic acids is 1. The van der Waals surface area contributed by atoms with E-state index in [0.29, 0.717) is 5.57 Å². The van der Waals surface area contributed by atoms with Gasteiger partial charge in [0.1, 0.15) is 6.10 Å². The molecule has 3 heteroatoms. The van der Waals surface area contributed by atoms with Crippen molar-refractivity contribution in [3.05, 3.63) is 12.2 Å². The van der Waals surface area contributed by atoms with Crippen LogP contribution in [0.3, 0.4) is 0 Å². The molecule has 1 unspecified atom stereocenters. The number of ether oxygens (including phenoxy) is 1. The van der Waals surface area contributed by atoms with Gasteiger partial charge >= 0.3 is 5.97 Å². The number of hydrogen-bond acceptors (Lipinski definition) is 3. The fourth-order valence-electron chi connectivity index (χ4n) is 1.46. The summed E-state index contributed by atoms with van der Waals surface area (Å²) in [6.07, 6.45) is 1.78. The van der Waals surface area contributed by atoms with Gasteiger partial charge in [-0.2, -0.15) is 0 Å². The molecule has 0 N–H and O–H groups in total. The van der Waals surface area contributed by atoms with E-state index in [2.05, 4.69) is 25.3 Å². The lowest BCUT2D eigenvalue weighted by atomic mass is 10.2. The molecule has 0 bridgehead atoms. The monoisotopic (exact) mass is 227 g/mol. The largest absolute Gasteiger partial charge is 0.459 e. The molecule has 94 valence electrons. The molecule has 0 aliphatic carbocycles. The molecule has 0 aromatic carbocycles. The van der Waals surface area contributed by atoms with E-state index in [9.17, 15) is 4.79 Å². The number of carbonyl (C=O) groups is 1. The second-order valence-corrected chi connectivity index (χ2v) is 4.03. The molecule has 0 fully saturated rings. The smallest absolute Gasteiger partial charge is 0.333 e. The summed E-state index contributed by atoms with van der Waals surface area (Å²) in [5, 5.41) is 0. The Morgan fingerprint density at radius 2 is 1.88 bits per heavy atom. The SMILES string of the molecule is C=C(C)C(=O)OC(CC)CCN(CC)CC. The third-order valence-electron chi connectivity index (χ3n) is 2.74. The molecule has 0 aliphatic heterocycles. The summed E-state index contributed by atoms with van der Waals surface area (Å²) in [4.78, 5) is 13.7. The molecule has 0 aromatic rings. The first-order chi connectivity index (χ1) is 7.54. The van der Waals surface area contributed by atoms with Gasteiger partial charge in [0.25, 0.3) is 0 Å². The van der Waals surface area contributed by atoms with Gasteiger partial charge in [0.15, 0.2) is 0 Å². The molecule has 3 nitrogen and oxygen atoms in total. The van der Waals surface area contributed by atoms with E-state index in [1.54, 1.807) is 6.92 Å². The molecule has 0 heterocycles. The first-order valence-electron chi connectivity index (χ1n) is 6.13. The molecular weight excluding hydrogens is 202 g/mol. The highest BCUT2D eigenvalue weighted by Gasteiger charge is 2.13. The van der Waals surface area contributed by atoms with Crippen molar-refractivity contribution in [1.29, 1.82) is 0 Å². The van der Waals surface area contributed by atoms with Crippen LogP contribution in [-0.4, -0.2) is 36.6 Å². The molecule has 0 aliphatic rings. The molecule has 1 atom stereocenters. The summed E-state index contributed by atoms with van der Waals surface area (Å²) in [5.41, 5.74) is 0.473. The predicted molar refractivity (Wildman–Crippen MR) is 67.4 cm³/mol. The van der Waals surface area contributed by atoms with Crippen molar-refractivity contribution in [3.8, 4) is 0 Å². The van der Waals surface area contributed by atoms with Crippen molar-refractivity contribution in [2.75, 3.05) is 19.6 Å². The highest BCUT2D eigenvalue weighted by molar-refractivity contribution is 5.87. The highest BCUT2D eigenvalue weighted by atomic mass is 16.5. The maximum atomic E-state index is 11.4. The molecule has 0 saturated heterocycles. The van der Waals surface area contributed by atoms with Gasteiger partial charge < -0.3 is 9.64 Å². The van der Waals surface area contributed by atoms with Gasteiger partial charge in [-0.25, -0.2) is 4.79 Å². The van der Waals surface area contributed by atoms with Crippen LogP contribution in [0.1, 0.15) is 40.5 Å². The Morgan fingerprint density at radius 3 is 2.25 bits per heavy atom. The molecule has 0 rings (SSSR count). The van der Waals surface area contributed by atoms with Crippen molar-refractivity contribution < 1.29 is 9.53 Å². The summed E-state index contributed by atoms with van der Waals surface area (Å²) < 4.78 is 5.34. The maximum Gasteiger partial charge on any atom is 0.333 e. The van der Waals surface area contributed by atoms with E-state index in [0.717, 1.165) is 32.5 Å². The first-order valence-corrected chi connectivity index (χ1v) is 6.13.